The van der Waals surface area contributed by atoms with Crippen LogP contribution in [0.5, 0.6) is 5.75 Å². The zero-order valence-electron chi connectivity index (χ0n) is 16.8. The lowest BCUT2D eigenvalue weighted by molar-refractivity contribution is -0.147. The van der Waals surface area contributed by atoms with Gasteiger partial charge in [0.2, 0.25) is 5.91 Å². The maximum Gasteiger partial charge on any atom is 0.231 e. The monoisotopic (exact) mass is 433 g/mol. The minimum Gasteiger partial charge on any atom is -0.492 e. The van der Waals surface area contributed by atoms with Crippen LogP contribution in [0.15, 0.2) is 24.3 Å². The predicted octanol–water partition coefficient (Wildman–Crippen LogP) is 2.59. The van der Waals surface area contributed by atoms with Crippen LogP contribution >= 0.6 is 24.8 Å². The second-order valence-electron chi connectivity index (χ2n) is 7.14. The van der Waals surface area contributed by atoms with E-state index < -0.39 is 0 Å². The number of hydrogen-bond donors (Lipinski definition) is 1. The largest absolute Gasteiger partial charge is 0.492 e. The molecule has 28 heavy (non-hydrogen) atoms. The Kier molecular flexibility index (Phi) is 10.4. The normalized spacial score (nSPS) is 18.6. The molecule has 0 aromatic heterocycles. The summed E-state index contributed by atoms with van der Waals surface area (Å²) in [6.07, 6.45) is 1.71. The maximum atomic E-state index is 13.3. The molecule has 0 spiro atoms. The Labute approximate surface area is 180 Å². The summed E-state index contributed by atoms with van der Waals surface area (Å²) in [7, 11) is 1.69. The molecule has 2 saturated heterocycles. The number of anilines is 1. The molecular weight excluding hydrogens is 401 g/mol. The fourth-order valence-corrected chi connectivity index (χ4v) is 4.08. The molecule has 0 aliphatic carbocycles. The lowest BCUT2D eigenvalue weighted by Gasteiger charge is -2.43. The zero-order chi connectivity index (χ0) is 18.4. The fourth-order valence-electron chi connectivity index (χ4n) is 4.08. The molecule has 0 saturated carbocycles. The first kappa shape index (κ1) is 24.8. The minimum absolute atomic E-state index is 0. The highest BCUT2D eigenvalue weighted by Gasteiger charge is 2.42. The van der Waals surface area contributed by atoms with E-state index in [9.17, 15) is 4.79 Å². The molecule has 8 heteroatoms. The molecule has 2 heterocycles. The molecule has 0 radical (unpaired) electrons. The number of para-hydroxylation sites is 2. The van der Waals surface area contributed by atoms with E-state index in [1.54, 1.807) is 7.11 Å². The van der Waals surface area contributed by atoms with Crippen molar-refractivity contribution in [2.75, 3.05) is 64.5 Å². The first-order chi connectivity index (χ1) is 12.7. The Morgan fingerprint density at radius 2 is 1.75 bits per heavy atom. The summed E-state index contributed by atoms with van der Waals surface area (Å²) in [4.78, 5) is 17.6. The molecule has 160 valence electrons. The van der Waals surface area contributed by atoms with Crippen molar-refractivity contribution >= 4 is 36.4 Å². The highest BCUT2D eigenvalue weighted by Crippen LogP contribution is 2.33. The van der Waals surface area contributed by atoms with Gasteiger partial charge in [-0.3, -0.25) is 4.79 Å². The number of hydrogen-bond acceptors (Lipinski definition) is 5. The van der Waals surface area contributed by atoms with Gasteiger partial charge in [-0.25, -0.2) is 0 Å². The Morgan fingerprint density at radius 1 is 1.11 bits per heavy atom. The quantitative estimate of drug-likeness (QED) is 0.746. The molecule has 2 fully saturated rings. The van der Waals surface area contributed by atoms with Crippen LogP contribution in [-0.4, -0.2) is 70.4 Å². The molecule has 1 amide bonds. The van der Waals surface area contributed by atoms with Crippen LogP contribution in [0.3, 0.4) is 0 Å². The molecule has 3 rings (SSSR count). The fraction of sp³-hybridized carbons (Fsp3) is 0.650. The number of carbonyl (C=O) groups is 1. The number of amides is 1. The summed E-state index contributed by atoms with van der Waals surface area (Å²) in [6, 6.07) is 8.15. The van der Waals surface area contributed by atoms with Gasteiger partial charge in [-0.2, -0.15) is 0 Å². The van der Waals surface area contributed by atoms with Crippen LogP contribution in [0.4, 0.5) is 5.69 Å². The van der Waals surface area contributed by atoms with Crippen LogP contribution in [0, 0.1) is 5.41 Å². The van der Waals surface area contributed by atoms with E-state index in [0.717, 1.165) is 63.5 Å². The summed E-state index contributed by atoms with van der Waals surface area (Å²) in [5.74, 6) is 1.18. The van der Waals surface area contributed by atoms with Crippen molar-refractivity contribution in [3.63, 3.8) is 0 Å². The number of nitrogens with one attached hydrogen (secondary N) is 1. The summed E-state index contributed by atoms with van der Waals surface area (Å²) < 4.78 is 11.2. The molecule has 1 aromatic carbocycles. The van der Waals surface area contributed by atoms with Crippen LogP contribution in [0.25, 0.3) is 0 Å². The standard InChI is InChI=1S/C20H31N3O3.2ClH/c1-3-26-18-7-5-4-6-17(18)22-12-14-23(15-13-22)19(24)20(16-25-2)8-10-21-11-9-20;;/h4-7,21H,3,8-16H2,1-2H3;2*1H. The van der Waals surface area contributed by atoms with Gasteiger partial charge in [-0.1, -0.05) is 12.1 Å². The number of nitrogens with zero attached hydrogens (tertiary/aromatic N) is 2. The zero-order valence-corrected chi connectivity index (χ0v) is 18.4. The summed E-state index contributed by atoms with van der Waals surface area (Å²) in [6.45, 7) is 8.10. The highest BCUT2D eigenvalue weighted by molar-refractivity contribution is 5.85. The average molecular weight is 434 g/mol. The summed E-state index contributed by atoms with van der Waals surface area (Å²) in [5.41, 5.74) is 0.765. The topological polar surface area (TPSA) is 54.0 Å². The first-order valence-corrected chi connectivity index (χ1v) is 9.66. The van der Waals surface area contributed by atoms with E-state index in [-0.39, 0.29) is 36.1 Å². The first-order valence-electron chi connectivity index (χ1n) is 9.66. The van der Waals surface area contributed by atoms with Crippen molar-refractivity contribution in [2.24, 2.45) is 5.41 Å². The lowest BCUT2D eigenvalue weighted by atomic mass is 9.78. The molecule has 0 unspecified atom stereocenters. The number of halogens is 2. The van der Waals surface area contributed by atoms with Gasteiger partial charge < -0.3 is 24.6 Å². The lowest BCUT2D eigenvalue weighted by Crippen LogP contribution is -2.56. The van der Waals surface area contributed by atoms with Crippen molar-refractivity contribution in [2.45, 2.75) is 19.8 Å². The highest BCUT2D eigenvalue weighted by atomic mass is 35.5. The van der Waals surface area contributed by atoms with Gasteiger partial charge in [-0.05, 0) is 45.0 Å². The SMILES string of the molecule is CCOc1ccccc1N1CCN(C(=O)C2(COC)CCNCC2)CC1.Cl.Cl. The van der Waals surface area contributed by atoms with Gasteiger partial charge in [0.05, 0.1) is 24.3 Å². The predicted molar refractivity (Wildman–Crippen MR) is 117 cm³/mol. The molecular formula is C20H33Cl2N3O3. The molecule has 1 N–H and O–H groups in total. The third kappa shape index (κ3) is 5.44. The Balaban J connectivity index is 0.00000196. The van der Waals surface area contributed by atoms with E-state index in [0.29, 0.717) is 13.2 Å². The Morgan fingerprint density at radius 3 is 2.36 bits per heavy atom. The van der Waals surface area contributed by atoms with Crippen LogP contribution in [0.2, 0.25) is 0 Å². The number of benzene rings is 1. The van der Waals surface area contributed by atoms with Crippen molar-refractivity contribution in [3.05, 3.63) is 24.3 Å². The van der Waals surface area contributed by atoms with Crippen LogP contribution in [0.1, 0.15) is 19.8 Å². The van der Waals surface area contributed by atoms with Crippen molar-refractivity contribution in [1.29, 1.82) is 0 Å². The Bertz CT molecular complexity index is 599. The number of ether oxygens (including phenoxy) is 2. The third-order valence-corrected chi connectivity index (χ3v) is 5.51. The van der Waals surface area contributed by atoms with Crippen molar-refractivity contribution < 1.29 is 14.3 Å². The molecule has 1 aromatic rings. The molecule has 0 bridgehead atoms. The third-order valence-electron chi connectivity index (χ3n) is 5.51. The second kappa shape index (κ2) is 11.7. The molecule has 0 atom stereocenters. The summed E-state index contributed by atoms with van der Waals surface area (Å²) in [5, 5.41) is 3.35. The number of piperazine rings is 1. The summed E-state index contributed by atoms with van der Waals surface area (Å²) >= 11 is 0. The Hall–Kier alpha value is -1.21. The van der Waals surface area contributed by atoms with Gasteiger partial charge in [-0.15, -0.1) is 24.8 Å². The minimum atomic E-state index is -0.356. The number of rotatable bonds is 6. The molecule has 2 aliphatic rings. The average Bonchev–Trinajstić information content (AvgIpc) is 2.69. The van der Waals surface area contributed by atoms with E-state index in [1.807, 2.05) is 30.0 Å². The van der Waals surface area contributed by atoms with Gasteiger partial charge in [0, 0.05) is 33.3 Å². The van der Waals surface area contributed by atoms with Gasteiger partial charge in [0.15, 0.2) is 0 Å². The van der Waals surface area contributed by atoms with Crippen LogP contribution < -0.4 is 15.0 Å². The van der Waals surface area contributed by atoms with Gasteiger partial charge in [0.1, 0.15) is 5.75 Å². The van der Waals surface area contributed by atoms with Crippen LogP contribution in [-0.2, 0) is 9.53 Å². The number of methoxy groups -OCH3 is 1. The van der Waals surface area contributed by atoms with Crippen molar-refractivity contribution in [1.82, 2.24) is 10.2 Å². The number of piperidine rings is 1. The second-order valence-corrected chi connectivity index (χ2v) is 7.14. The number of carbonyl (C=O) groups excluding carboxylic acids is 1. The van der Waals surface area contributed by atoms with Gasteiger partial charge >= 0.3 is 0 Å². The van der Waals surface area contributed by atoms with Gasteiger partial charge in [0.25, 0.3) is 0 Å². The van der Waals surface area contributed by atoms with E-state index in [4.69, 9.17) is 9.47 Å². The van der Waals surface area contributed by atoms with E-state index >= 15 is 0 Å². The van der Waals surface area contributed by atoms with Crippen molar-refractivity contribution in [3.8, 4) is 5.75 Å². The van der Waals surface area contributed by atoms with E-state index in [1.165, 1.54) is 0 Å². The molecule has 6 nitrogen and oxygen atoms in total. The molecule has 2 aliphatic heterocycles. The smallest absolute Gasteiger partial charge is 0.231 e. The maximum absolute atomic E-state index is 13.3. The van der Waals surface area contributed by atoms with E-state index in [2.05, 4.69) is 16.3 Å².